The summed E-state index contributed by atoms with van der Waals surface area (Å²) >= 11 is 0. The van der Waals surface area contributed by atoms with E-state index in [-0.39, 0.29) is 23.9 Å². The second-order valence-corrected chi connectivity index (χ2v) is 10.2. The van der Waals surface area contributed by atoms with Gasteiger partial charge in [0.1, 0.15) is 0 Å². The van der Waals surface area contributed by atoms with Gasteiger partial charge in [-0.25, -0.2) is 0 Å². The minimum absolute atomic E-state index is 0.0565. The van der Waals surface area contributed by atoms with Crippen LogP contribution in [0.3, 0.4) is 0 Å². The molecule has 1 aliphatic heterocycles. The molecule has 2 aliphatic carbocycles. The Bertz CT molecular complexity index is 764. The number of carbonyl (C=O) groups excluding carboxylic acids is 2. The van der Waals surface area contributed by atoms with Crippen LogP contribution in [0.1, 0.15) is 76.0 Å². The zero-order valence-electron chi connectivity index (χ0n) is 19.3. The van der Waals surface area contributed by atoms with Gasteiger partial charge in [0.15, 0.2) is 0 Å². The standard InChI is InChI=1S/C26H39N3O2/c1-19(2)18-24(30)28-14-16-29(17-15-28)25(21-9-3-4-10-21)26(31)27-23-13-7-11-20-8-5-6-12-22(20)23/h5-6,8,12,19,21,23,25H,3-4,7,9-11,13-18H2,1-2H3,(H,27,31)/t23-,25+/m1/s1. The van der Waals surface area contributed by atoms with Gasteiger partial charge in [0.2, 0.25) is 11.8 Å². The third-order valence-corrected chi connectivity index (χ3v) is 7.44. The molecule has 0 unspecified atom stereocenters. The number of hydrogen-bond acceptors (Lipinski definition) is 3. The summed E-state index contributed by atoms with van der Waals surface area (Å²) in [6, 6.07) is 8.66. The van der Waals surface area contributed by atoms with Gasteiger partial charge in [-0.1, -0.05) is 51.0 Å². The fraction of sp³-hybridized carbons (Fsp3) is 0.692. The van der Waals surface area contributed by atoms with Crippen molar-refractivity contribution in [2.75, 3.05) is 26.2 Å². The van der Waals surface area contributed by atoms with Crippen LogP contribution in [0.15, 0.2) is 24.3 Å². The highest BCUT2D eigenvalue weighted by atomic mass is 16.2. The number of aryl methyl sites for hydroxylation is 1. The molecule has 0 spiro atoms. The van der Waals surface area contributed by atoms with Crippen molar-refractivity contribution in [2.45, 2.75) is 77.3 Å². The van der Waals surface area contributed by atoms with Gasteiger partial charge in [0.05, 0.1) is 12.1 Å². The number of carbonyl (C=O) groups is 2. The first-order chi connectivity index (χ1) is 15.0. The van der Waals surface area contributed by atoms with Gasteiger partial charge in [-0.3, -0.25) is 14.5 Å². The first-order valence-corrected chi connectivity index (χ1v) is 12.4. The van der Waals surface area contributed by atoms with E-state index in [1.807, 2.05) is 4.90 Å². The summed E-state index contributed by atoms with van der Waals surface area (Å²) in [6.45, 7) is 7.29. The Labute approximate surface area is 187 Å². The molecule has 1 aromatic rings. The monoisotopic (exact) mass is 425 g/mol. The van der Waals surface area contributed by atoms with Crippen molar-refractivity contribution in [3.8, 4) is 0 Å². The molecule has 0 aromatic heterocycles. The van der Waals surface area contributed by atoms with Gasteiger partial charge in [0, 0.05) is 32.6 Å². The van der Waals surface area contributed by atoms with Crippen molar-refractivity contribution in [3.63, 3.8) is 0 Å². The van der Waals surface area contributed by atoms with Crippen molar-refractivity contribution >= 4 is 11.8 Å². The molecule has 5 heteroatoms. The van der Waals surface area contributed by atoms with Crippen molar-refractivity contribution in [1.29, 1.82) is 0 Å². The Kier molecular flexibility index (Phi) is 7.31. The number of hydrogen-bond donors (Lipinski definition) is 1. The van der Waals surface area contributed by atoms with Gasteiger partial charge in [-0.2, -0.15) is 0 Å². The van der Waals surface area contributed by atoms with E-state index in [0.717, 1.165) is 58.3 Å². The normalized spacial score (nSPS) is 23.6. The lowest BCUT2D eigenvalue weighted by Crippen LogP contribution is -2.58. The summed E-state index contributed by atoms with van der Waals surface area (Å²) in [7, 11) is 0. The largest absolute Gasteiger partial charge is 0.348 e. The van der Waals surface area contributed by atoms with Gasteiger partial charge >= 0.3 is 0 Å². The topological polar surface area (TPSA) is 52.7 Å². The second kappa shape index (κ2) is 10.2. The number of fused-ring (bicyclic) bond motifs is 1. The molecular weight excluding hydrogens is 386 g/mol. The van der Waals surface area contributed by atoms with Crippen LogP contribution in [-0.4, -0.2) is 53.8 Å². The molecule has 170 valence electrons. The Morgan fingerprint density at radius 3 is 2.42 bits per heavy atom. The van der Waals surface area contributed by atoms with Crippen molar-refractivity contribution in [1.82, 2.24) is 15.1 Å². The van der Waals surface area contributed by atoms with E-state index in [2.05, 4.69) is 48.3 Å². The van der Waals surface area contributed by atoms with Gasteiger partial charge in [-0.15, -0.1) is 0 Å². The SMILES string of the molecule is CC(C)CC(=O)N1CCN([C@H](C(=O)N[C@@H]2CCCc3ccccc32)C2CCCC2)CC1. The number of benzene rings is 1. The predicted molar refractivity (Wildman–Crippen MR) is 124 cm³/mol. The van der Waals surface area contributed by atoms with E-state index in [1.54, 1.807) is 0 Å². The molecule has 1 N–H and O–H groups in total. The molecule has 3 aliphatic rings. The summed E-state index contributed by atoms with van der Waals surface area (Å²) in [6.07, 6.45) is 8.64. The zero-order valence-corrected chi connectivity index (χ0v) is 19.3. The van der Waals surface area contributed by atoms with Crippen LogP contribution in [0.5, 0.6) is 0 Å². The molecule has 1 saturated carbocycles. The minimum Gasteiger partial charge on any atom is -0.348 e. The number of nitrogens with one attached hydrogen (secondary N) is 1. The fourth-order valence-corrected chi connectivity index (χ4v) is 5.84. The maximum Gasteiger partial charge on any atom is 0.238 e. The van der Waals surface area contributed by atoms with Crippen LogP contribution in [0.2, 0.25) is 0 Å². The Morgan fingerprint density at radius 1 is 1.00 bits per heavy atom. The second-order valence-electron chi connectivity index (χ2n) is 10.2. The van der Waals surface area contributed by atoms with Gasteiger partial charge in [-0.05, 0) is 55.1 Å². The zero-order chi connectivity index (χ0) is 21.8. The summed E-state index contributed by atoms with van der Waals surface area (Å²) in [4.78, 5) is 30.5. The molecular formula is C26H39N3O2. The van der Waals surface area contributed by atoms with E-state index in [1.165, 1.54) is 24.0 Å². The number of nitrogens with zero attached hydrogens (tertiary/aromatic N) is 2. The molecule has 4 rings (SSSR count). The maximum atomic E-state index is 13.6. The average Bonchev–Trinajstić information content (AvgIpc) is 3.28. The highest BCUT2D eigenvalue weighted by molar-refractivity contribution is 5.83. The molecule has 2 amide bonds. The van der Waals surface area contributed by atoms with Crippen LogP contribution >= 0.6 is 0 Å². The van der Waals surface area contributed by atoms with Crippen LogP contribution in [0, 0.1) is 11.8 Å². The van der Waals surface area contributed by atoms with E-state index in [0.29, 0.717) is 18.3 Å². The predicted octanol–water partition coefficient (Wildman–Crippen LogP) is 3.93. The third kappa shape index (κ3) is 5.31. The first-order valence-electron chi connectivity index (χ1n) is 12.4. The van der Waals surface area contributed by atoms with Crippen molar-refractivity contribution < 1.29 is 9.59 Å². The summed E-state index contributed by atoms with van der Waals surface area (Å²) in [5.74, 6) is 1.29. The summed E-state index contributed by atoms with van der Waals surface area (Å²) in [5, 5.41) is 3.45. The lowest BCUT2D eigenvalue weighted by molar-refractivity contribution is -0.136. The fourth-order valence-electron chi connectivity index (χ4n) is 5.84. The molecule has 31 heavy (non-hydrogen) atoms. The van der Waals surface area contributed by atoms with Gasteiger partial charge < -0.3 is 10.2 Å². The third-order valence-electron chi connectivity index (χ3n) is 7.44. The maximum absolute atomic E-state index is 13.6. The van der Waals surface area contributed by atoms with Crippen LogP contribution in [0.4, 0.5) is 0 Å². The Hall–Kier alpha value is -1.88. The number of amides is 2. The van der Waals surface area contributed by atoms with Gasteiger partial charge in [0.25, 0.3) is 0 Å². The van der Waals surface area contributed by atoms with Crippen LogP contribution < -0.4 is 5.32 Å². The Balaban J connectivity index is 1.43. The van der Waals surface area contributed by atoms with E-state index >= 15 is 0 Å². The van der Waals surface area contributed by atoms with Crippen molar-refractivity contribution in [3.05, 3.63) is 35.4 Å². The molecule has 2 fully saturated rings. The molecule has 2 atom stereocenters. The van der Waals surface area contributed by atoms with E-state index in [4.69, 9.17) is 0 Å². The summed E-state index contributed by atoms with van der Waals surface area (Å²) < 4.78 is 0. The average molecular weight is 426 g/mol. The lowest BCUT2D eigenvalue weighted by Gasteiger charge is -2.41. The lowest BCUT2D eigenvalue weighted by atomic mass is 9.87. The van der Waals surface area contributed by atoms with E-state index < -0.39 is 0 Å². The quantitative estimate of drug-likeness (QED) is 0.751. The van der Waals surface area contributed by atoms with Crippen LogP contribution in [0.25, 0.3) is 0 Å². The summed E-state index contributed by atoms with van der Waals surface area (Å²) in [5.41, 5.74) is 2.69. The molecule has 1 aromatic carbocycles. The minimum atomic E-state index is -0.0565. The molecule has 0 radical (unpaired) electrons. The van der Waals surface area contributed by atoms with Crippen LogP contribution in [-0.2, 0) is 16.0 Å². The van der Waals surface area contributed by atoms with E-state index in [9.17, 15) is 9.59 Å². The smallest absolute Gasteiger partial charge is 0.238 e. The molecule has 1 saturated heterocycles. The Morgan fingerprint density at radius 2 is 1.71 bits per heavy atom. The molecule has 0 bridgehead atoms. The van der Waals surface area contributed by atoms with Crippen molar-refractivity contribution in [2.24, 2.45) is 11.8 Å². The highest BCUT2D eigenvalue weighted by Gasteiger charge is 2.38. The first kappa shape index (κ1) is 22.3. The molecule has 1 heterocycles. The number of piperazine rings is 1. The number of rotatable bonds is 6. The highest BCUT2D eigenvalue weighted by Crippen LogP contribution is 2.33. The molecule has 5 nitrogen and oxygen atoms in total.